The third-order valence-corrected chi connectivity index (χ3v) is 3.55. The molecule has 0 spiro atoms. The average molecular weight is 212 g/mol. The maximum atomic E-state index is 5.73. The first-order chi connectivity index (χ1) is 7.29. The van der Waals surface area contributed by atoms with Crippen LogP contribution in [0.2, 0.25) is 0 Å². The normalized spacial score (nSPS) is 25.2. The highest BCUT2D eigenvalue weighted by atomic mass is 14.6. The molecule has 0 unspecified atom stereocenters. The van der Waals surface area contributed by atoms with Crippen LogP contribution in [0.4, 0.5) is 0 Å². The molecule has 0 aromatic rings. The van der Waals surface area contributed by atoms with Crippen molar-refractivity contribution in [3.8, 4) is 0 Å². The molecule has 0 aromatic heterocycles. The highest BCUT2D eigenvalue weighted by Crippen LogP contribution is 2.15. The van der Waals surface area contributed by atoms with Gasteiger partial charge in [0.05, 0.1) is 0 Å². The Kier molecular flexibility index (Phi) is 7.03. The van der Waals surface area contributed by atoms with E-state index in [1.165, 1.54) is 70.6 Å². The molecule has 0 amide bonds. The summed E-state index contributed by atoms with van der Waals surface area (Å²) in [6.45, 7) is 0. The standard InChI is InChI=1S/C7H15N.C6H13N/c8-7-5-3-1-2-4-6-7;7-6-4-2-1-3-5-6/h7H,1-6,8H2;6H,1-5,7H2. The zero-order valence-electron chi connectivity index (χ0n) is 10.1. The van der Waals surface area contributed by atoms with Gasteiger partial charge in [0.15, 0.2) is 0 Å². The molecule has 90 valence electrons. The summed E-state index contributed by atoms with van der Waals surface area (Å²) < 4.78 is 0. The van der Waals surface area contributed by atoms with Gasteiger partial charge in [-0.2, -0.15) is 0 Å². The number of rotatable bonds is 0. The van der Waals surface area contributed by atoms with Crippen molar-refractivity contribution in [2.45, 2.75) is 82.7 Å². The molecule has 2 heteroatoms. The number of hydrogen-bond acceptors (Lipinski definition) is 2. The van der Waals surface area contributed by atoms with E-state index in [9.17, 15) is 0 Å². The predicted molar refractivity (Wildman–Crippen MR) is 66.7 cm³/mol. The van der Waals surface area contributed by atoms with Gasteiger partial charge in [-0.1, -0.05) is 44.9 Å². The number of hydrogen-bond donors (Lipinski definition) is 2. The lowest BCUT2D eigenvalue weighted by molar-refractivity contribution is 0.441. The largest absolute Gasteiger partial charge is 0.328 e. The van der Waals surface area contributed by atoms with Crippen molar-refractivity contribution in [3.05, 3.63) is 0 Å². The van der Waals surface area contributed by atoms with Gasteiger partial charge < -0.3 is 11.5 Å². The monoisotopic (exact) mass is 212 g/mol. The summed E-state index contributed by atoms with van der Waals surface area (Å²) in [6.07, 6.45) is 14.7. The van der Waals surface area contributed by atoms with E-state index in [-0.39, 0.29) is 0 Å². The van der Waals surface area contributed by atoms with Gasteiger partial charge in [-0.25, -0.2) is 0 Å². The fourth-order valence-electron chi connectivity index (χ4n) is 2.45. The van der Waals surface area contributed by atoms with E-state index in [0.29, 0.717) is 12.1 Å². The summed E-state index contributed by atoms with van der Waals surface area (Å²) >= 11 is 0. The zero-order chi connectivity index (χ0) is 10.9. The van der Waals surface area contributed by atoms with E-state index >= 15 is 0 Å². The van der Waals surface area contributed by atoms with Crippen LogP contribution in [0.3, 0.4) is 0 Å². The van der Waals surface area contributed by atoms with Crippen LogP contribution in [0.5, 0.6) is 0 Å². The van der Waals surface area contributed by atoms with Gasteiger partial charge in [0.2, 0.25) is 0 Å². The quantitative estimate of drug-likeness (QED) is 0.607. The van der Waals surface area contributed by atoms with Gasteiger partial charge in [-0.15, -0.1) is 0 Å². The Balaban J connectivity index is 0.000000151. The highest BCUT2D eigenvalue weighted by Gasteiger charge is 2.06. The molecule has 0 aliphatic heterocycles. The first kappa shape index (κ1) is 13.0. The molecule has 2 nitrogen and oxygen atoms in total. The molecule has 2 rings (SSSR count). The molecule has 0 aromatic carbocycles. The maximum Gasteiger partial charge on any atom is 0.00388 e. The van der Waals surface area contributed by atoms with Gasteiger partial charge in [-0.05, 0) is 25.7 Å². The van der Waals surface area contributed by atoms with Gasteiger partial charge in [0.25, 0.3) is 0 Å². The fourth-order valence-corrected chi connectivity index (χ4v) is 2.45. The van der Waals surface area contributed by atoms with Gasteiger partial charge in [0.1, 0.15) is 0 Å². The van der Waals surface area contributed by atoms with Gasteiger partial charge in [-0.3, -0.25) is 0 Å². The fraction of sp³-hybridized carbons (Fsp3) is 1.00. The molecule has 0 atom stereocenters. The average Bonchev–Trinajstić information content (AvgIpc) is 2.48. The topological polar surface area (TPSA) is 52.0 Å². The molecule has 4 N–H and O–H groups in total. The second-order valence-corrected chi connectivity index (χ2v) is 5.15. The van der Waals surface area contributed by atoms with Crippen molar-refractivity contribution in [3.63, 3.8) is 0 Å². The summed E-state index contributed by atoms with van der Waals surface area (Å²) in [5.74, 6) is 0. The van der Waals surface area contributed by atoms with Crippen LogP contribution in [-0.2, 0) is 0 Å². The Labute approximate surface area is 94.8 Å². The summed E-state index contributed by atoms with van der Waals surface area (Å²) in [4.78, 5) is 0. The summed E-state index contributed by atoms with van der Waals surface area (Å²) in [6, 6.07) is 1.06. The molecule has 0 saturated heterocycles. The first-order valence-corrected chi connectivity index (χ1v) is 6.80. The third kappa shape index (κ3) is 6.91. The third-order valence-electron chi connectivity index (χ3n) is 3.55. The Morgan fingerprint density at radius 1 is 0.467 bits per heavy atom. The second kappa shape index (κ2) is 8.12. The van der Waals surface area contributed by atoms with Crippen molar-refractivity contribution in [2.75, 3.05) is 0 Å². The van der Waals surface area contributed by atoms with Crippen LogP contribution < -0.4 is 11.5 Å². The summed E-state index contributed by atoms with van der Waals surface area (Å²) in [7, 11) is 0. The van der Waals surface area contributed by atoms with E-state index in [1.807, 2.05) is 0 Å². The minimum Gasteiger partial charge on any atom is -0.328 e. The van der Waals surface area contributed by atoms with Crippen molar-refractivity contribution in [1.82, 2.24) is 0 Å². The molecule has 2 fully saturated rings. The molecule has 0 radical (unpaired) electrons. The molecule has 2 aliphatic carbocycles. The minimum absolute atomic E-state index is 0.525. The lowest BCUT2D eigenvalue weighted by Gasteiger charge is -2.15. The van der Waals surface area contributed by atoms with Gasteiger partial charge >= 0.3 is 0 Å². The van der Waals surface area contributed by atoms with Crippen molar-refractivity contribution in [2.24, 2.45) is 11.5 Å². The molecular formula is C13H28N2. The Morgan fingerprint density at radius 2 is 0.733 bits per heavy atom. The summed E-state index contributed by atoms with van der Waals surface area (Å²) in [5.41, 5.74) is 11.4. The number of nitrogens with two attached hydrogens (primary N) is 2. The van der Waals surface area contributed by atoms with Crippen LogP contribution in [0, 0.1) is 0 Å². The van der Waals surface area contributed by atoms with Crippen LogP contribution in [0.25, 0.3) is 0 Å². The van der Waals surface area contributed by atoms with Crippen LogP contribution in [-0.4, -0.2) is 12.1 Å². The minimum atomic E-state index is 0.525. The second-order valence-electron chi connectivity index (χ2n) is 5.15. The summed E-state index contributed by atoms with van der Waals surface area (Å²) in [5, 5.41) is 0. The highest BCUT2D eigenvalue weighted by molar-refractivity contribution is 4.66. The lowest BCUT2D eigenvalue weighted by Crippen LogP contribution is -2.22. The first-order valence-electron chi connectivity index (χ1n) is 6.80. The van der Waals surface area contributed by atoms with Crippen LogP contribution >= 0.6 is 0 Å². The molecule has 2 aliphatic rings. The van der Waals surface area contributed by atoms with E-state index < -0.39 is 0 Å². The maximum absolute atomic E-state index is 5.73. The predicted octanol–water partition coefficient (Wildman–Crippen LogP) is 2.95. The van der Waals surface area contributed by atoms with E-state index in [2.05, 4.69) is 0 Å². The lowest BCUT2D eigenvalue weighted by atomic mass is 9.97. The Morgan fingerprint density at radius 3 is 1.07 bits per heavy atom. The molecule has 15 heavy (non-hydrogen) atoms. The van der Waals surface area contributed by atoms with Crippen LogP contribution in [0.1, 0.15) is 70.6 Å². The van der Waals surface area contributed by atoms with Crippen molar-refractivity contribution < 1.29 is 0 Å². The van der Waals surface area contributed by atoms with Gasteiger partial charge in [0, 0.05) is 12.1 Å². The molecular weight excluding hydrogens is 184 g/mol. The molecule has 0 heterocycles. The van der Waals surface area contributed by atoms with E-state index in [1.54, 1.807) is 0 Å². The van der Waals surface area contributed by atoms with Crippen molar-refractivity contribution in [1.29, 1.82) is 0 Å². The van der Waals surface area contributed by atoms with E-state index in [4.69, 9.17) is 11.5 Å². The molecule has 2 saturated carbocycles. The van der Waals surface area contributed by atoms with Crippen molar-refractivity contribution >= 4 is 0 Å². The Hall–Kier alpha value is -0.0800. The Bertz CT molecular complexity index is 133. The van der Waals surface area contributed by atoms with E-state index in [0.717, 1.165) is 0 Å². The molecule has 0 bridgehead atoms. The smallest absolute Gasteiger partial charge is 0.00388 e. The SMILES string of the molecule is NC1CCCCC1.NC1CCCCCC1. The zero-order valence-corrected chi connectivity index (χ0v) is 10.1. The van der Waals surface area contributed by atoms with Crippen LogP contribution in [0.15, 0.2) is 0 Å².